The van der Waals surface area contributed by atoms with Crippen LogP contribution in [-0.2, 0) is 5.41 Å². The van der Waals surface area contributed by atoms with E-state index in [1.165, 1.54) is 17.4 Å². The Kier molecular flexibility index (Phi) is 6.07. The van der Waals surface area contributed by atoms with Crippen molar-refractivity contribution in [3.63, 3.8) is 0 Å². The fourth-order valence-corrected chi connectivity index (χ4v) is 3.77. The minimum atomic E-state index is -4.18. The summed E-state index contributed by atoms with van der Waals surface area (Å²) in [5, 5.41) is 3.45. The highest BCUT2D eigenvalue weighted by atomic mass is 19.4. The Balaban J connectivity index is 1.54. The third kappa shape index (κ3) is 4.54. The maximum atomic E-state index is 12.9. The average molecular weight is 398 g/mol. The molecule has 1 saturated heterocycles. The Morgan fingerprint density at radius 2 is 1.79 bits per heavy atom. The Morgan fingerprint density at radius 3 is 2.25 bits per heavy atom. The normalized spacial score (nSPS) is 21.4. The van der Waals surface area contributed by atoms with Crippen LogP contribution >= 0.6 is 0 Å². The van der Waals surface area contributed by atoms with Gasteiger partial charge in [-0.05, 0) is 37.5 Å². The molecule has 156 valence electrons. The number of nitrogens with zero attached hydrogens (tertiary/aromatic N) is 3. The highest BCUT2D eigenvalue weighted by Gasteiger charge is 2.45. The van der Waals surface area contributed by atoms with Crippen molar-refractivity contribution < 1.29 is 17.9 Å². The lowest BCUT2D eigenvalue weighted by molar-refractivity contribution is -0.181. The van der Waals surface area contributed by atoms with E-state index in [-0.39, 0.29) is 5.41 Å². The molecule has 5 nitrogen and oxygen atoms in total. The van der Waals surface area contributed by atoms with Crippen molar-refractivity contribution in [2.75, 3.05) is 46.9 Å². The maximum Gasteiger partial charge on any atom is 0.403 e. The molecule has 2 fully saturated rings. The lowest BCUT2D eigenvalue weighted by Gasteiger charge is -2.40. The molecule has 0 aromatic heterocycles. The molecule has 3 rings (SSSR count). The van der Waals surface area contributed by atoms with Gasteiger partial charge in [0.05, 0.1) is 7.11 Å². The van der Waals surface area contributed by atoms with Gasteiger partial charge < -0.3 is 15.0 Å². The fourth-order valence-electron chi connectivity index (χ4n) is 3.77. The van der Waals surface area contributed by atoms with Gasteiger partial charge in [0.2, 0.25) is 0 Å². The van der Waals surface area contributed by atoms with E-state index in [1.54, 1.807) is 14.2 Å². The second kappa shape index (κ2) is 8.19. The first kappa shape index (κ1) is 20.8. The molecule has 8 heteroatoms. The summed E-state index contributed by atoms with van der Waals surface area (Å²) in [4.78, 5) is 7.89. The second-order valence-electron chi connectivity index (χ2n) is 7.65. The molecule has 0 radical (unpaired) electrons. The van der Waals surface area contributed by atoms with Crippen molar-refractivity contribution in [2.45, 2.75) is 37.4 Å². The third-order valence-corrected chi connectivity index (χ3v) is 5.99. The number of ether oxygens (including phenoxy) is 1. The van der Waals surface area contributed by atoms with E-state index < -0.39 is 12.2 Å². The molecule has 1 N–H and O–H groups in total. The number of benzene rings is 1. The minimum absolute atomic E-state index is 0.106. The molecule has 1 unspecified atom stereocenters. The molecule has 1 atom stereocenters. The van der Waals surface area contributed by atoms with Gasteiger partial charge in [-0.25, -0.2) is 0 Å². The number of hydrogen-bond acceptors (Lipinski definition) is 3. The molecule has 0 bridgehead atoms. The number of alkyl halides is 3. The number of rotatable bonds is 5. The zero-order chi connectivity index (χ0) is 20.4. The zero-order valence-electron chi connectivity index (χ0n) is 16.7. The average Bonchev–Trinajstić information content (AvgIpc) is 3.49. The molecular formula is C20H29F3N4O. The summed E-state index contributed by atoms with van der Waals surface area (Å²) in [6.07, 6.45) is -1.96. The van der Waals surface area contributed by atoms with Crippen molar-refractivity contribution >= 4 is 5.96 Å². The van der Waals surface area contributed by atoms with Gasteiger partial charge in [0, 0.05) is 45.2 Å². The number of methoxy groups -OCH3 is 1. The predicted octanol–water partition coefficient (Wildman–Crippen LogP) is 2.87. The van der Waals surface area contributed by atoms with E-state index in [2.05, 4.69) is 22.4 Å². The number of nitrogens with one attached hydrogen (secondary N) is 1. The zero-order valence-corrected chi connectivity index (χ0v) is 16.7. The van der Waals surface area contributed by atoms with Crippen molar-refractivity contribution in [1.82, 2.24) is 15.1 Å². The number of guanidine groups is 1. The molecule has 0 spiro atoms. The molecule has 1 heterocycles. The van der Waals surface area contributed by atoms with Gasteiger partial charge in [0.1, 0.15) is 11.8 Å². The predicted molar refractivity (Wildman–Crippen MR) is 104 cm³/mol. The van der Waals surface area contributed by atoms with Crippen LogP contribution in [0.2, 0.25) is 0 Å². The fraction of sp³-hybridized carbons (Fsp3) is 0.650. The lowest BCUT2D eigenvalue weighted by atomic mass is 9.96. The van der Waals surface area contributed by atoms with Crippen LogP contribution in [0, 0.1) is 0 Å². The molecule has 1 aromatic rings. The first-order valence-corrected chi connectivity index (χ1v) is 9.70. The van der Waals surface area contributed by atoms with E-state index >= 15 is 0 Å². The van der Waals surface area contributed by atoms with Gasteiger partial charge in [0.15, 0.2) is 5.96 Å². The molecule has 1 aliphatic carbocycles. The molecule has 2 aliphatic rings. The minimum Gasteiger partial charge on any atom is -0.497 e. The SMILES string of the molecule is CN=C(NCC1(c2ccc(OC)cc2)CC1)N1CCN(C(C)C(F)(F)F)CC1. The summed E-state index contributed by atoms with van der Waals surface area (Å²) in [7, 11) is 3.38. The first-order chi connectivity index (χ1) is 13.3. The van der Waals surface area contributed by atoms with Gasteiger partial charge >= 0.3 is 6.18 Å². The Morgan fingerprint density at radius 1 is 1.18 bits per heavy atom. The summed E-state index contributed by atoms with van der Waals surface area (Å²) < 4.78 is 44.0. The van der Waals surface area contributed by atoms with Crippen LogP contribution in [0.3, 0.4) is 0 Å². The Bertz CT molecular complexity index is 678. The van der Waals surface area contributed by atoms with Gasteiger partial charge in [0.25, 0.3) is 0 Å². The van der Waals surface area contributed by atoms with Crippen LogP contribution in [0.15, 0.2) is 29.3 Å². The van der Waals surface area contributed by atoms with Gasteiger partial charge in [-0.15, -0.1) is 0 Å². The van der Waals surface area contributed by atoms with Crippen LogP contribution < -0.4 is 10.1 Å². The quantitative estimate of drug-likeness (QED) is 0.612. The van der Waals surface area contributed by atoms with Crippen LogP contribution in [0.4, 0.5) is 13.2 Å². The maximum absolute atomic E-state index is 12.9. The highest BCUT2D eigenvalue weighted by molar-refractivity contribution is 5.80. The summed E-state index contributed by atoms with van der Waals surface area (Å²) in [5.41, 5.74) is 1.38. The number of piperazine rings is 1. The molecule has 1 aromatic carbocycles. The van der Waals surface area contributed by atoms with Gasteiger partial charge in [-0.3, -0.25) is 9.89 Å². The van der Waals surface area contributed by atoms with Gasteiger partial charge in [-0.2, -0.15) is 13.2 Å². The summed E-state index contributed by atoms with van der Waals surface area (Å²) in [6, 6.07) is 6.76. The third-order valence-electron chi connectivity index (χ3n) is 5.99. The second-order valence-corrected chi connectivity index (χ2v) is 7.65. The summed E-state index contributed by atoms with van der Waals surface area (Å²) in [6.45, 7) is 3.83. The van der Waals surface area contributed by atoms with Crippen molar-refractivity contribution in [3.05, 3.63) is 29.8 Å². The number of aliphatic imine (C=N–C) groups is 1. The van der Waals surface area contributed by atoms with E-state index in [4.69, 9.17) is 4.74 Å². The lowest BCUT2D eigenvalue weighted by Crippen LogP contribution is -2.57. The van der Waals surface area contributed by atoms with E-state index in [9.17, 15) is 13.2 Å². The monoisotopic (exact) mass is 398 g/mol. The first-order valence-electron chi connectivity index (χ1n) is 9.70. The summed E-state index contributed by atoms with van der Waals surface area (Å²) in [5.74, 6) is 1.60. The van der Waals surface area contributed by atoms with Crippen molar-refractivity contribution in [3.8, 4) is 5.75 Å². The number of halogens is 3. The van der Waals surface area contributed by atoms with Gasteiger partial charge in [-0.1, -0.05) is 12.1 Å². The smallest absolute Gasteiger partial charge is 0.403 e. The molecule has 0 amide bonds. The molecule has 28 heavy (non-hydrogen) atoms. The van der Waals surface area contributed by atoms with Crippen molar-refractivity contribution in [2.24, 2.45) is 4.99 Å². The number of hydrogen-bond donors (Lipinski definition) is 1. The van der Waals surface area contributed by atoms with E-state index in [1.807, 2.05) is 17.0 Å². The molecular weight excluding hydrogens is 369 g/mol. The van der Waals surface area contributed by atoms with Crippen LogP contribution in [-0.4, -0.2) is 74.9 Å². The van der Waals surface area contributed by atoms with Crippen LogP contribution in [0.5, 0.6) is 5.75 Å². The topological polar surface area (TPSA) is 40.1 Å². The Labute approximate surface area is 164 Å². The highest BCUT2D eigenvalue weighted by Crippen LogP contribution is 2.47. The molecule has 1 aliphatic heterocycles. The van der Waals surface area contributed by atoms with E-state index in [0.29, 0.717) is 26.2 Å². The Hall–Kier alpha value is -1.96. The van der Waals surface area contributed by atoms with Crippen LogP contribution in [0.25, 0.3) is 0 Å². The standard InChI is InChI=1S/C20H29F3N4O/c1-15(20(21,22)23)26-10-12-27(13-11-26)18(24-2)25-14-19(8-9-19)16-4-6-17(28-3)7-5-16/h4-7,15H,8-14H2,1-3H3,(H,24,25). The largest absolute Gasteiger partial charge is 0.497 e. The molecule has 1 saturated carbocycles. The van der Waals surface area contributed by atoms with Crippen LogP contribution in [0.1, 0.15) is 25.3 Å². The van der Waals surface area contributed by atoms with E-state index in [0.717, 1.165) is 31.1 Å². The summed E-state index contributed by atoms with van der Waals surface area (Å²) >= 11 is 0. The van der Waals surface area contributed by atoms with Crippen molar-refractivity contribution in [1.29, 1.82) is 0 Å².